The summed E-state index contributed by atoms with van der Waals surface area (Å²) in [6.07, 6.45) is 0. The summed E-state index contributed by atoms with van der Waals surface area (Å²) in [5, 5.41) is 6.20. The SMILES string of the molecule is Cc1ccc(C)c(NC(=O)CN[C@@H](c2ccccc2)c2ccc(OC(F)F)cc2)c1. The van der Waals surface area contributed by atoms with Gasteiger partial charge in [0.15, 0.2) is 0 Å². The number of carbonyl (C=O) groups excluding carboxylic acids is 1. The predicted octanol–water partition coefficient (Wildman–Crippen LogP) is 5.22. The standard InChI is InChI=1S/C24H24F2N2O2/c1-16-8-9-17(2)21(14-16)28-22(29)15-27-23(18-6-4-3-5-7-18)19-10-12-20(13-11-19)30-24(25)26/h3-14,23-24,27H,15H2,1-2H3,(H,28,29)/t23-/m0/s1. The molecule has 3 aromatic rings. The third-order valence-electron chi connectivity index (χ3n) is 4.71. The number of rotatable bonds is 8. The Hall–Kier alpha value is -3.25. The van der Waals surface area contributed by atoms with E-state index in [9.17, 15) is 13.6 Å². The molecule has 0 radical (unpaired) electrons. The van der Waals surface area contributed by atoms with Gasteiger partial charge in [-0.2, -0.15) is 8.78 Å². The summed E-state index contributed by atoms with van der Waals surface area (Å²) < 4.78 is 29.2. The Morgan fingerprint density at radius 2 is 1.60 bits per heavy atom. The fourth-order valence-electron chi connectivity index (χ4n) is 3.18. The van der Waals surface area contributed by atoms with E-state index in [0.29, 0.717) is 0 Å². The minimum Gasteiger partial charge on any atom is -0.435 e. The van der Waals surface area contributed by atoms with Crippen LogP contribution in [-0.4, -0.2) is 19.1 Å². The third kappa shape index (κ3) is 5.87. The molecule has 156 valence electrons. The minimum absolute atomic E-state index is 0.0855. The van der Waals surface area contributed by atoms with E-state index in [-0.39, 0.29) is 24.2 Å². The lowest BCUT2D eigenvalue weighted by Crippen LogP contribution is -2.32. The Morgan fingerprint density at radius 3 is 2.27 bits per heavy atom. The van der Waals surface area contributed by atoms with Crippen LogP contribution in [0.15, 0.2) is 72.8 Å². The molecule has 0 saturated heterocycles. The molecule has 4 nitrogen and oxygen atoms in total. The fourth-order valence-corrected chi connectivity index (χ4v) is 3.18. The number of benzene rings is 3. The van der Waals surface area contributed by atoms with E-state index < -0.39 is 6.61 Å². The Morgan fingerprint density at radius 1 is 0.933 bits per heavy atom. The molecule has 0 aliphatic rings. The molecule has 0 bridgehead atoms. The van der Waals surface area contributed by atoms with Crippen molar-refractivity contribution in [3.8, 4) is 5.75 Å². The molecule has 0 fully saturated rings. The van der Waals surface area contributed by atoms with Gasteiger partial charge in [0.2, 0.25) is 5.91 Å². The van der Waals surface area contributed by atoms with Crippen molar-refractivity contribution in [2.75, 3.05) is 11.9 Å². The van der Waals surface area contributed by atoms with Crippen molar-refractivity contribution in [2.45, 2.75) is 26.5 Å². The van der Waals surface area contributed by atoms with Crippen molar-refractivity contribution in [1.29, 1.82) is 0 Å². The maximum Gasteiger partial charge on any atom is 0.387 e. The highest BCUT2D eigenvalue weighted by molar-refractivity contribution is 5.93. The number of ether oxygens (including phenoxy) is 1. The van der Waals surface area contributed by atoms with Crippen molar-refractivity contribution < 1.29 is 18.3 Å². The number of amides is 1. The zero-order valence-corrected chi connectivity index (χ0v) is 16.9. The smallest absolute Gasteiger partial charge is 0.387 e. The van der Waals surface area contributed by atoms with E-state index in [1.165, 1.54) is 12.1 Å². The van der Waals surface area contributed by atoms with Crippen molar-refractivity contribution in [3.63, 3.8) is 0 Å². The Balaban J connectivity index is 1.73. The van der Waals surface area contributed by atoms with Crippen LogP contribution >= 0.6 is 0 Å². The molecule has 6 heteroatoms. The van der Waals surface area contributed by atoms with Crippen LogP contribution in [0.4, 0.5) is 14.5 Å². The van der Waals surface area contributed by atoms with Gasteiger partial charge in [0.05, 0.1) is 12.6 Å². The average Bonchev–Trinajstić information content (AvgIpc) is 2.72. The predicted molar refractivity (Wildman–Crippen MR) is 114 cm³/mol. The van der Waals surface area contributed by atoms with Crippen LogP contribution in [-0.2, 0) is 4.79 Å². The summed E-state index contributed by atoms with van der Waals surface area (Å²) in [6.45, 7) is 1.13. The lowest BCUT2D eigenvalue weighted by Gasteiger charge is -2.20. The summed E-state index contributed by atoms with van der Waals surface area (Å²) in [5.74, 6) is -0.0736. The van der Waals surface area contributed by atoms with Gasteiger partial charge < -0.3 is 10.1 Å². The topological polar surface area (TPSA) is 50.4 Å². The number of halogens is 2. The zero-order chi connectivity index (χ0) is 21.5. The first-order valence-electron chi connectivity index (χ1n) is 9.62. The third-order valence-corrected chi connectivity index (χ3v) is 4.71. The second-order valence-corrected chi connectivity index (χ2v) is 7.04. The first-order valence-corrected chi connectivity index (χ1v) is 9.62. The average molecular weight is 410 g/mol. The van der Waals surface area contributed by atoms with Crippen molar-refractivity contribution in [1.82, 2.24) is 5.32 Å². The van der Waals surface area contributed by atoms with E-state index in [1.54, 1.807) is 12.1 Å². The van der Waals surface area contributed by atoms with Crippen molar-refractivity contribution >= 4 is 11.6 Å². The second kappa shape index (κ2) is 9.98. The molecule has 0 spiro atoms. The maximum atomic E-state index is 12.5. The summed E-state index contributed by atoms with van der Waals surface area (Å²) in [6, 6.07) is 21.7. The van der Waals surface area contributed by atoms with Crippen LogP contribution in [0.5, 0.6) is 5.75 Å². The van der Waals surface area contributed by atoms with Gasteiger partial charge in [-0.25, -0.2) is 0 Å². The number of carbonyl (C=O) groups is 1. The quantitative estimate of drug-likeness (QED) is 0.535. The number of hydrogen-bond acceptors (Lipinski definition) is 3. The van der Waals surface area contributed by atoms with E-state index in [0.717, 1.165) is 27.9 Å². The van der Waals surface area contributed by atoms with Gasteiger partial charge in [-0.1, -0.05) is 54.6 Å². The van der Waals surface area contributed by atoms with Gasteiger partial charge in [-0.05, 0) is 54.3 Å². The highest BCUT2D eigenvalue weighted by Gasteiger charge is 2.16. The van der Waals surface area contributed by atoms with Crippen molar-refractivity contribution in [2.24, 2.45) is 0 Å². The molecule has 30 heavy (non-hydrogen) atoms. The van der Waals surface area contributed by atoms with Crippen LogP contribution in [0.25, 0.3) is 0 Å². The molecule has 3 aromatic carbocycles. The summed E-state index contributed by atoms with van der Waals surface area (Å²) in [4.78, 5) is 12.5. The molecule has 0 unspecified atom stereocenters. The molecule has 0 saturated carbocycles. The first-order chi connectivity index (χ1) is 14.4. The van der Waals surface area contributed by atoms with Crippen molar-refractivity contribution in [3.05, 3.63) is 95.1 Å². The molecule has 1 amide bonds. The maximum absolute atomic E-state index is 12.5. The van der Waals surface area contributed by atoms with Crippen LogP contribution < -0.4 is 15.4 Å². The fraction of sp³-hybridized carbons (Fsp3) is 0.208. The van der Waals surface area contributed by atoms with E-state index in [2.05, 4.69) is 15.4 Å². The molecular formula is C24H24F2N2O2. The first kappa shape index (κ1) is 21.5. The highest BCUT2D eigenvalue weighted by atomic mass is 19.3. The molecule has 2 N–H and O–H groups in total. The molecule has 3 rings (SSSR count). The Labute approximate surface area is 174 Å². The summed E-state index contributed by atoms with van der Waals surface area (Å²) in [7, 11) is 0. The van der Waals surface area contributed by atoms with Crippen LogP contribution in [0, 0.1) is 13.8 Å². The molecule has 0 aliphatic carbocycles. The van der Waals surface area contributed by atoms with Crippen LogP contribution in [0.2, 0.25) is 0 Å². The van der Waals surface area contributed by atoms with Gasteiger partial charge >= 0.3 is 6.61 Å². The van der Waals surface area contributed by atoms with Crippen LogP contribution in [0.1, 0.15) is 28.3 Å². The Bertz CT molecular complexity index is 976. The Kier molecular flexibility index (Phi) is 7.14. The lowest BCUT2D eigenvalue weighted by atomic mass is 9.98. The number of nitrogens with one attached hydrogen (secondary N) is 2. The number of anilines is 1. The normalized spacial score (nSPS) is 11.9. The van der Waals surface area contributed by atoms with Gasteiger partial charge in [0.25, 0.3) is 0 Å². The molecule has 0 aromatic heterocycles. The number of hydrogen-bond donors (Lipinski definition) is 2. The number of aryl methyl sites for hydroxylation is 2. The highest BCUT2D eigenvalue weighted by Crippen LogP contribution is 2.25. The molecule has 0 aliphatic heterocycles. The van der Waals surface area contributed by atoms with Crippen LogP contribution in [0.3, 0.4) is 0 Å². The van der Waals surface area contributed by atoms with Gasteiger partial charge in [-0.3, -0.25) is 10.1 Å². The van der Waals surface area contributed by atoms with E-state index in [4.69, 9.17) is 0 Å². The lowest BCUT2D eigenvalue weighted by molar-refractivity contribution is -0.115. The van der Waals surface area contributed by atoms with Gasteiger partial charge in [0.1, 0.15) is 5.75 Å². The summed E-state index contributed by atoms with van der Waals surface area (Å²) >= 11 is 0. The monoisotopic (exact) mass is 410 g/mol. The minimum atomic E-state index is -2.87. The molecular weight excluding hydrogens is 386 g/mol. The molecule has 1 atom stereocenters. The second-order valence-electron chi connectivity index (χ2n) is 7.04. The largest absolute Gasteiger partial charge is 0.435 e. The van der Waals surface area contributed by atoms with Gasteiger partial charge in [-0.15, -0.1) is 0 Å². The summed E-state index contributed by atoms with van der Waals surface area (Å²) in [5.41, 5.74) is 4.63. The number of alkyl halides is 2. The van der Waals surface area contributed by atoms with E-state index in [1.807, 2.05) is 62.4 Å². The van der Waals surface area contributed by atoms with E-state index >= 15 is 0 Å². The zero-order valence-electron chi connectivity index (χ0n) is 16.9. The molecule has 0 heterocycles. The van der Waals surface area contributed by atoms with Gasteiger partial charge in [0, 0.05) is 5.69 Å².